The Bertz CT molecular complexity index is 1240. The van der Waals surface area contributed by atoms with E-state index in [1.807, 2.05) is 6.92 Å². The first-order valence-electron chi connectivity index (χ1n) is 22.6. The van der Waals surface area contributed by atoms with Gasteiger partial charge < -0.3 is 63.8 Å². The lowest BCUT2D eigenvalue weighted by molar-refractivity contribution is -0.360. The Balaban J connectivity index is 1.46. The molecule has 342 valence electrons. The summed E-state index contributed by atoms with van der Waals surface area (Å²) in [6, 6.07) is 0. The second kappa shape index (κ2) is 20.8. The van der Waals surface area contributed by atoms with Crippen molar-refractivity contribution in [2.75, 3.05) is 33.5 Å². The van der Waals surface area contributed by atoms with Gasteiger partial charge in [-0.05, 0) is 87.4 Å². The van der Waals surface area contributed by atoms with Crippen LogP contribution in [0.1, 0.15) is 134 Å². The highest BCUT2D eigenvalue weighted by Gasteiger charge is 2.55. The van der Waals surface area contributed by atoms with Gasteiger partial charge in [-0.2, -0.15) is 0 Å². The maximum atomic E-state index is 11.9. The van der Waals surface area contributed by atoms with Crippen molar-refractivity contribution in [3.05, 3.63) is 0 Å². The third kappa shape index (κ3) is 11.5. The first-order chi connectivity index (χ1) is 27.1. The molecular weight excluding hydrogens is 748 g/mol. The molecule has 18 atom stereocenters. The number of hydrogen-bond acceptors (Lipinski definition) is 13. The van der Waals surface area contributed by atoms with E-state index in [2.05, 4.69) is 69.2 Å². The van der Waals surface area contributed by atoms with Gasteiger partial charge in [-0.25, -0.2) is 0 Å². The molecule has 6 N–H and O–H groups in total. The van der Waals surface area contributed by atoms with Gasteiger partial charge in [-0.15, -0.1) is 0 Å². The zero-order valence-electron chi connectivity index (χ0n) is 38.0. The van der Waals surface area contributed by atoms with Crippen LogP contribution in [0.2, 0.25) is 0 Å². The van der Waals surface area contributed by atoms with Crippen LogP contribution in [-0.2, 0) is 33.2 Å². The summed E-state index contributed by atoms with van der Waals surface area (Å²) in [7, 11) is 1.79. The average molecular weight is 833 g/mol. The maximum absolute atomic E-state index is 11.9. The quantitative estimate of drug-likeness (QED) is 0.0967. The molecule has 0 aromatic rings. The van der Waals surface area contributed by atoms with Crippen LogP contribution in [0, 0.1) is 41.4 Å². The molecule has 13 heteroatoms. The molecule has 0 aromatic heterocycles. The number of aliphatic hydroxyl groups is 6. The summed E-state index contributed by atoms with van der Waals surface area (Å²) < 4.78 is 44.9. The maximum Gasteiger partial charge on any atom is 0.192 e. The zero-order valence-corrected chi connectivity index (χ0v) is 38.0. The van der Waals surface area contributed by atoms with Crippen LogP contribution in [0.25, 0.3) is 0 Å². The Morgan fingerprint density at radius 2 is 1.60 bits per heavy atom. The van der Waals surface area contributed by atoms with Crippen molar-refractivity contribution < 1.29 is 63.8 Å². The number of aliphatic hydroxyl groups excluding tert-OH is 5. The van der Waals surface area contributed by atoms with E-state index in [0.29, 0.717) is 38.4 Å². The topological polar surface area (TPSA) is 186 Å². The second-order valence-electron chi connectivity index (χ2n) is 20.1. The first kappa shape index (κ1) is 50.1. The summed E-state index contributed by atoms with van der Waals surface area (Å²) in [4.78, 5) is 0. The highest BCUT2D eigenvalue weighted by molar-refractivity contribution is 5.04. The standard InChI is InChI=1S/C45H84O13/c1-13-15-43(14-2,55-23-42(11)16-17-44(58-42)20-32(30(9)33(47)21-44)31(10)39(52-12)27(5)6)24-53-34(18-26(3)4)40-28(7)19-29(8)45(51,57-40)25-54-41-38(50)37(49)36(48)35(22-46)56-41/h26-41,46-51H,13-25H2,1-12H3. The Morgan fingerprint density at radius 3 is 2.19 bits per heavy atom. The molecule has 18 unspecified atom stereocenters. The van der Waals surface area contributed by atoms with E-state index >= 15 is 0 Å². The molecule has 0 amide bonds. The smallest absolute Gasteiger partial charge is 0.192 e. The van der Waals surface area contributed by atoms with E-state index in [4.69, 9.17) is 33.2 Å². The number of hydrogen-bond donors (Lipinski definition) is 6. The molecule has 0 aromatic carbocycles. The summed E-state index contributed by atoms with van der Waals surface area (Å²) in [5.74, 6) is -0.736. The van der Waals surface area contributed by atoms with Crippen molar-refractivity contribution >= 4 is 0 Å². The lowest BCUT2D eigenvalue weighted by Gasteiger charge is -2.49. The van der Waals surface area contributed by atoms with Gasteiger partial charge >= 0.3 is 0 Å². The van der Waals surface area contributed by atoms with Gasteiger partial charge in [0.2, 0.25) is 0 Å². The SMILES string of the molecule is CCCC(CC)(COC(CC(C)C)C1OC(O)(COC2OC(CO)C(O)C(O)C2O)C(C)CC1C)OCC1(C)CCC2(CC(O)C(C)C(C(C)C(OC)C(C)C)C2)O1. The number of methoxy groups -OCH3 is 1. The van der Waals surface area contributed by atoms with Gasteiger partial charge in [0.15, 0.2) is 12.1 Å². The molecule has 4 aliphatic rings. The van der Waals surface area contributed by atoms with Gasteiger partial charge in [-0.1, -0.05) is 75.7 Å². The second-order valence-corrected chi connectivity index (χ2v) is 20.1. The molecule has 1 spiro atoms. The van der Waals surface area contributed by atoms with Gasteiger partial charge in [0.1, 0.15) is 31.0 Å². The molecule has 0 radical (unpaired) electrons. The summed E-state index contributed by atoms with van der Waals surface area (Å²) in [5, 5.41) is 64.0. The van der Waals surface area contributed by atoms with Crippen LogP contribution in [0.15, 0.2) is 0 Å². The third-order valence-electron chi connectivity index (χ3n) is 14.5. The van der Waals surface area contributed by atoms with E-state index in [1.165, 1.54) is 0 Å². The lowest BCUT2D eigenvalue weighted by Crippen LogP contribution is -2.61. The van der Waals surface area contributed by atoms with Crippen molar-refractivity contribution in [2.24, 2.45) is 41.4 Å². The van der Waals surface area contributed by atoms with E-state index in [0.717, 1.165) is 38.5 Å². The molecule has 4 rings (SSSR count). The van der Waals surface area contributed by atoms with Gasteiger partial charge in [-0.3, -0.25) is 0 Å². The van der Waals surface area contributed by atoms with E-state index < -0.39 is 72.1 Å². The van der Waals surface area contributed by atoms with Crippen LogP contribution in [-0.4, -0.2) is 142 Å². The number of ether oxygens (including phenoxy) is 7. The Hall–Kier alpha value is -0.520. The molecule has 1 aliphatic carbocycles. The van der Waals surface area contributed by atoms with Crippen LogP contribution < -0.4 is 0 Å². The van der Waals surface area contributed by atoms with Crippen molar-refractivity contribution in [3.8, 4) is 0 Å². The third-order valence-corrected chi connectivity index (χ3v) is 14.5. The van der Waals surface area contributed by atoms with Crippen molar-refractivity contribution in [3.63, 3.8) is 0 Å². The molecule has 0 bridgehead atoms. The highest BCUT2D eigenvalue weighted by atomic mass is 16.7. The predicted octanol–water partition coefficient (Wildman–Crippen LogP) is 4.97. The van der Waals surface area contributed by atoms with E-state index in [9.17, 15) is 30.6 Å². The minimum atomic E-state index is -1.76. The highest BCUT2D eigenvalue weighted by Crippen LogP contribution is 2.52. The number of rotatable bonds is 20. The molecule has 58 heavy (non-hydrogen) atoms. The minimum Gasteiger partial charge on any atom is -0.394 e. The van der Waals surface area contributed by atoms with Crippen molar-refractivity contribution in [2.45, 2.75) is 212 Å². The van der Waals surface area contributed by atoms with Gasteiger partial charge in [0.25, 0.3) is 0 Å². The summed E-state index contributed by atoms with van der Waals surface area (Å²) in [6.45, 7) is 23.3. The molecule has 4 fully saturated rings. The van der Waals surface area contributed by atoms with Crippen molar-refractivity contribution in [1.82, 2.24) is 0 Å². The van der Waals surface area contributed by atoms with Gasteiger partial charge in [0, 0.05) is 19.4 Å². The Kier molecular flexibility index (Phi) is 18.0. The minimum absolute atomic E-state index is 0.0382. The van der Waals surface area contributed by atoms with Crippen LogP contribution in [0.4, 0.5) is 0 Å². The largest absolute Gasteiger partial charge is 0.394 e. The van der Waals surface area contributed by atoms with Crippen LogP contribution >= 0.6 is 0 Å². The summed E-state index contributed by atoms with van der Waals surface area (Å²) in [6.07, 6.45) is -1.47. The summed E-state index contributed by atoms with van der Waals surface area (Å²) in [5.41, 5.74) is -1.51. The molecule has 3 saturated heterocycles. The Labute approximate surface area is 349 Å². The molecule has 3 aliphatic heterocycles. The fraction of sp³-hybridized carbons (Fsp3) is 1.00. The fourth-order valence-electron chi connectivity index (χ4n) is 10.8. The van der Waals surface area contributed by atoms with Crippen LogP contribution in [0.3, 0.4) is 0 Å². The fourth-order valence-corrected chi connectivity index (χ4v) is 10.8. The summed E-state index contributed by atoms with van der Waals surface area (Å²) >= 11 is 0. The predicted molar refractivity (Wildman–Crippen MR) is 220 cm³/mol. The lowest BCUT2D eigenvalue weighted by atomic mass is 9.64. The van der Waals surface area contributed by atoms with E-state index in [1.54, 1.807) is 7.11 Å². The van der Waals surface area contributed by atoms with Gasteiger partial charge in [0.05, 0.1) is 61.0 Å². The molecule has 13 nitrogen and oxygen atoms in total. The zero-order chi connectivity index (χ0) is 43.4. The molecule has 1 saturated carbocycles. The monoisotopic (exact) mass is 833 g/mol. The first-order valence-corrected chi connectivity index (χ1v) is 22.6. The molecular formula is C45H84O13. The van der Waals surface area contributed by atoms with E-state index in [-0.39, 0.29) is 54.3 Å². The average Bonchev–Trinajstić information content (AvgIpc) is 3.49. The molecule has 3 heterocycles. The van der Waals surface area contributed by atoms with Crippen molar-refractivity contribution in [1.29, 1.82) is 0 Å². The Morgan fingerprint density at radius 1 is 0.914 bits per heavy atom. The normalized spacial score (nSPS) is 42.5. The van der Waals surface area contributed by atoms with Crippen LogP contribution in [0.5, 0.6) is 0 Å².